The van der Waals surface area contributed by atoms with E-state index in [1.54, 1.807) is 5.57 Å². The van der Waals surface area contributed by atoms with Crippen LogP contribution in [0, 0.1) is 6.92 Å². The fourth-order valence-corrected chi connectivity index (χ4v) is 3.76. The Bertz CT molecular complexity index is 727. The van der Waals surface area contributed by atoms with E-state index in [2.05, 4.69) is 36.6 Å². The number of nitrogens with zero attached hydrogens (tertiary/aromatic N) is 7. The van der Waals surface area contributed by atoms with Crippen LogP contribution in [0.3, 0.4) is 0 Å². The largest absolute Gasteiger partial charge is 0.340 e. The van der Waals surface area contributed by atoms with Crippen molar-refractivity contribution in [3.05, 3.63) is 23.4 Å². The van der Waals surface area contributed by atoms with E-state index in [1.807, 2.05) is 11.6 Å². The van der Waals surface area contributed by atoms with Crippen LogP contribution in [0.15, 0.2) is 16.2 Å². The highest BCUT2D eigenvalue weighted by atomic mass is 16.5. The van der Waals surface area contributed by atoms with E-state index in [-0.39, 0.29) is 0 Å². The summed E-state index contributed by atoms with van der Waals surface area (Å²) >= 11 is 0. The Morgan fingerprint density at radius 1 is 1.24 bits per heavy atom. The molecule has 3 heterocycles. The molecule has 8 heteroatoms. The molecule has 2 aromatic heterocycles. The first-order valence-corrected chi connectivity index (χ1v) is 9.29. The summed E-state index contributed by atoms with van der Waals surface area (Å²) in [7, 11) is 0. The van der Waals surface area contributed by atoms with E-state index in [0.717, 1.165) is 50.7 Å². The highest BCUT2D eigenvalue weighted by Crippen LogP contribution is 2.29. The molecule has 0 saturated carbocycles. The van der Waals surface area contributed by atoms with Gasteiger partial charge in [0.1, 0.15) is 0 Å². The lowest BCUT2D eigenvalue weighted by Gasteiger charge is -2.30. The number of hydrogen-bond acceptors (Lipinski definition) is 7. The molecule has 1 saturated heterocycles. The first-order valence-electron chi connectivity index (χ1n) is 9.29. The van der Waals surface area contributed by atoms with Crippen LogP contribution in [0.4, 0.5) is 5.95 Å². The molecule has 0 atom stereocenters. The highest BCUT2D eigenvalue weighted by Gasteiger charge is 2.27. The molecule has 8 nitrogen and oxygen atoms in total. The van der Waals surface area contributed by atoms with Crippen molar-refractivity contribution in [3.8, 4) is 0 Å². The smallest absolute Gasteiger partial charge is 0.245 e. The number of tetrazole rings is 1. The number of anilines is 1. The van der Waals surface area contributed by atoms with Crippen LogP contribution >= 0.6 is 0 Å². The second-order valence-electron chi connectivity index (χ2n) is 7.00. The maximum atomic E-state index is 5.33. The quantitative estimate of drug-likeness (QED) is 0.771. The van der Waals surface area contributed by atoms with Gasteiger partial charge < -0.3 is 9.42 Å². The second kappa shape index (κ2) is 7.33. The summed E-state index contributed by atoms with van der Waals surface area (Å²) in [6.07, 6.45) is 10.5. The van der Waals surface area contributed by atoms with Crippen LogP contribution in [-0.2, 0) is 6.54 Å². The van der Waals surface area contributed by atoms with Gasteiger partial charge in [0.25, 0.3) is 0 Å². The lowest BCUT2D eigenvalue weighted by molar-refractivity contribution is 0.326. The van der Waals surface area contributed by atoms with Gasteiger partial charge in [0, 0.05) is 19.0 Å². The average molecular weight is 343 g/mol. The van der Waals surface area contributed by atoms with E-state index in [9.17, 15) is 0 Å². The number of rotatable bonds is 5. The lowest BCUT2D eigenvalue weighted by atomic mass is 9.97. The minimum atomic E-state index is 0.342. The maximum Gasteiger partial charge on any atom is 0.245 e. The molecule has 1 aliphatic carbocycles. The molecular formula is C17H25N7O. The molecule has 1 fully saturated rings. The monoisotopic (exact) mass is 343 g/mol. The predicted molar refractivity (Wildman–Crippen MR) is 92.2 cm³/mol. The highest BCUT2D eigenvalue weighted by molar-refractivity contribution is 5.29. The molecule has 0 amide bonds. The standard InChI is InChI=1S/C17H25N7O/c1-13-18-16(25-20-13)15-8-10-23(11-9-15)17-19-21-22-24(17)12-7-14-5-3-2-4-6-14/h5,15H,2-4,6-12H2,1H3. The van der Waals surface area contributed by atoms with Crippen LogP contribution in [-0.4, -0.2) is 43.4 Å². The zero-order valence-corrected chi connectivity index (χ0v) is 14.8. The predicted octanol–water partition coefficient (Wildman–Crippen LogP) is 2.64. The van der Waals surface area contributed by atoms with Gasteiger partial charge in [0.2, 0.25) is 11.8 Å². The third-order valence-corrected chi connectivity index (χ3v) is 5.21. The number of aromatic nitrogens is 6. The second-order valence-corrected chi connectivity index (χ2v) is 7.00. The summed E-state index contributed by atoms with van der Waals surface area (Å²) in [6.45, 7) is 4.54. The zero-order valence-electron chi connectivity index (χ0n) is 14.8. The lowest BCUT2D eigenvalue weighted by Crippen LogP contribution is -2.35. The minimum Gasteiger partial charge on any atom is -0.340 e. The summed E-state index contributed by atoms with van der Waals surface area (Å²) in [4.78, 5) is 6.65. The van der Waals surface area contributed by atoms with E-state index in [1.165, 1.54) is 25.7 Å². The van der Waals surface area contributed by atoms with Crippen LogP contribution in [0.1, 0.15) is 62.6 Å². The fourth-order valence-electron chi connectivity index (χ4n) is 3.76. The van der Waals surface area contributed by atoms with Gasteiger partial charge in [-0.25, -0.2) is 4.68 Å². The van der Waals surface area contributed by atoms with E-state index >= 15 is 0 Å². The van der Waals surface area contributed by atoms with Crippen molar-refractivity contribution in [2.45, 2.75) is 64.3 Å². The molecule has 0 N–H and O–H groups in total. The summed E-state index contributed by atoms with van der Waals surface area (Å²) in [5.41, 5.74) is 1.55. The minimum absolute atomic E-state index is 0.342. The van der Waals surface area contributed by atoms with Gasteiger partial charge in [0.05, 0.1) is 6.54 Å². The van der Waals surface area contributed by atoms with Crippen molar-refractivity contribution in [2.75, 3.05) is 18.0 Å². The van der Waals surface area contributed by atoms with Gasteiger partial charge in [-0.3, -0.25) is 0 Å². The molecule has 25 heavy (non-hydrogen) atoms. The van der Waals surface area contributed by atoms with Crippen molar-refractivity contribution < 1.29 is 4.52 Å². The molecule has 0 aromatic carbocycles. The van der Waals surface area contributed by atoms with Crippen LogP contribution in [0.5, 0.6) is 0 Å². The Morgan fingerprint density at radius 3 is 2.84 bits per heavy atom. The summed E-state index contributed by atoms with van der Waals surface area (Å²) in [5, 5.41) is 16.3. The Labute approximate surface area is 147 Å². The SMILES string of the molecule is Cc1noc(C2CCN(c3nnnn3CCC3=CCCCC3)CC2)n1. The number of allylic oxidation sites excluding steroid dienone is 2. The van der Waals surface area contributed by atoms with E-state index in [0.29, 0.717) is 11.7 Å². The van der Waals surface area contributed by atoms with Crippen LogP contribution in [0.25, 0.3) is 0 Å². The third-order valence-electron chi connectivity index (χ3n) is 5.21. The first-order chi connectivity index (χ1) is 12.3. The van der Waals surface area contributed by atoms with Crippen molar-refractivity contribution in [2.24, 2.45) is 0 Å². The molecule has 4 rings (SSSR count). The van der Waals surface area contributed by atoms with E-state index < -0.39 is 0 Å². The Kier molecular flexibility index (Phi) is 4.76. The van der Waals surface area contributed by atoms with Crippen LogP contribution < -0.4 is 4.90 Å². The van der Waals surface area contributed by atoms with Gasteiger partial charge in [-0.05, 0) is 62.3 Å². The topological polar surface area (TPSA) is 85.8 Å². The first kappa shape index (κ1) is 16.2. The van der Waals surface area contributed by atoms with Crippen molar-refractivity contribution in [3.63, 3.8) is 0 Å². The Morgan fingerprint density at radius 2 is 2.12 bits per heavy atom. The fraction of sp³-hybridized carbons (Fsp3) is 0.706. The van der Waals surface area contributed by atoms with Gasteiger partial charge in [0.15, 0.2) is 5.82 Å². The molecule has 2 aliphatic rings. The van der Waals surface area contributed by atoms with Gasteiger partial charge in [-0.15, -0.1) is 0 Å². The molecule has 0 bridgehead atoms. The molecule has 0 radical (unpaired) electrons. The molecule has 0 spiro atoms. The van der Waals surface area contributed by atoms with Crippen molar-refractivity contribution in [1.82, 2.24) is 30.3 Å². The molecule has 2 aromatic rings. The Balaban J connectivity index is 1.35. The third kappa shape index (κ3) is 3.72. The summed E-state index contributed by atoms with van der Waals surface area (Å²) < 4.78 is 7.28. The van der Waals surface area contributed by atoms with Gasteiger partial charge >= 0.3 is 0 Å². The molecule has 1 aliphatic heterocycles. The molecule has 0 unspecified atom stereocenters. The average Bonchev–Trinajstić information content (AvgIpc) is 3.30. The Hall–Kier alpha value is -2.25. The molecule has 134 valence electrons. The van der Waals surface area contributed by atoms with Gasteiger partial charge in [-0.1, -0.05) is 21.9 Å². The van der Waals surface area contributed by atoms with Crippen molar-refractivity contribution >= 4 is 5.95 Å². The van der Waals surface area contributed by atoms with E-state index in [4.69, 9.17) is 4.52 Å². The number of piperidine rings is 1. The van der Waals surface area contributed by atoms with Crippen LogP contribution in [0.2, 0.25) is 0 Å². The zero-order chi connectivity index (χ0) is 17.1. The number of aryl methyl sites for hydroxylation is 2. The summed E-state index contributed by atoms with van der Waals surface area (Å²) in [6, 6.07) is 0. The maximum absolute atomic E-state index is 5.33. The summed E-state index contributed by atoms with van der Waals surface area (Å²) in [5.74, 6) is 2.70. The van der Waals surface area contributed by atoms with Crippen molar-refractivity contribution in [1.29, 1.82) is 0 Å². The normalized spacial score (nSPS) is 19.2. The van der Waals surface area contributed by atoms with Gasteiger partial charge in [-0.2, -0.15) is 4.98 Å². The molecular weight excluding hydrogens is 318 g/mol. The number of hydrogen-bond donors (Lipinski definition) is 0.